The van der Waals surface area contributed by atoms with Crippen molar-refractivity contribution in [3.63, 3.8) is 0 Å². The quantitative estimate of drug-likeness (QED) is 0.756. The van der Waals surface area contributed by atoms with E-state index in [1.807, 2.05) is 0 Å². The second-order valence-corrected chi connectivity index (χ2v) is 4.25. The van der Waals surface area contributed by atoms with Gasteiger partial charge in [-0.05, 0) is 7.05 Å². The van der Waals surface area contributed by atoms with E-state index < -0.39 is 12.6 Å². The fraction of sp³-hybridized carbons (Fsp3) is 1.00. The maximum absolute atomic E-state index is 11.9. The summed E-state index contributed by atoms with van der Waals surface area (Å²) in [5.41, 5.74) is -0.347. The number of rotatable bonds is 5. The number of hydrogen-bond donors (Lipinski definition) is 1. The lowest BCUT2D eigenvalue weighted by atomic mass is 9.86. The molecule has 1 saturated heterocycles. The molecule has 0 bridgehead atoms. The molecule has 0 aromatic rings. The molecule has 0 saturated carbocycles. The van der Waals surface area contributed by atoms with Crippen LogP contribution in [0.4, 0.5) is 13.2 Å². The van der Waals surface area contributed by atoms with Gasteiger partial charge in [-0.2, -0.15) is 13.2 Å². The number of alkyl halides is 3. The Labute approximate surface area is 86.8 Å². The van der Waals surface area contributed by atoms with Gasteiger partial charge in [0, 0.05) is 13.1 Å². The van der Waals surface area contributed by atoms with Crippen LogP contribution in [0.25, 0.3) is 0 Å². The first kappa shape index (κ1) is 12.7. The molecule has 1 N–H and O–H groups in total. The zero-order valence-corrected chi connectivity index (χ0v) is 8.68. The number of hydrogen-bond acceptors (Lipinski definition) is 3. The molecule has 1 heterocycles. The molecule has 90 valence electrons. The molecule has 1 rings (SSSR count). The molecule has 0 atom stereocenters. The summed E-state index contributed by atoms with van der Waals surface area (Å²) in [6, 6.07) is 0. The van der Waals surface area contributed by atoms with E-state index in [9.17, 15) is 13.2 Å². The summed E-state index contributed by atoms with van der Waals surface area (Å²) >= 11 is 0. The zero-order chi connectivity index (χ0) is 11.5. The van der Waals surface area contributed by atoms with E-state index in [2.05, 4.69) is 0 Å². The lowest BCUT2D eigenvalue weighted by Crippen LogP contribution is -2.52. The number of halogens is 3. The first-order chi connectivity index (χ1) is 6.87. The van der Waals surface area contributed by atoms with Crippen molar-refractivity contribution in [1.82, 2.24) is 4.90 Å². The molecule has 0 unspecified atom stereocenters. The summed E-state index contributed by atoms with van der Waals surface area (Å²) in [6.45, 7) is 1.23. The van der Waals surface area contributed by atoms with Crippen LogP contribution in [0.1, 0.15) is 6.42 Å². The van der Waals surface area contributed by atoms with Gasteiger partial charge in [0.1, 0.15) is 0 Å². The van der Waals surface area contributed by atoms with Gasteiger partial charge in [0.2, 0.25) is 0 Å². The van der Waals surface area contributed by atoms with E-state index in [0.29, 0.717) is 19.8 Å². The Bertz CT molecular complexity index is 199. The Kier molecular flexibility index (Phi) is 3.97. The van der Waals surface area contributed by atoms with Crippen LogP contribution < -0.4 is 0 Å². The van der Waals surface area contributed by atoms with Crippen LogP contribution >= 0.6 is 0 Å². The second-order valence-electron chi connectivity index (χ2n) is 4.25. The fourth-order valence-corrected chi connectivity index (χ4v) is 1.59. The van der Waals surface area contributed by atoms with Crippen LogP contribution in [-0.2, 0) is 4.74 Å². The molecule has 3 nitrogen and oxygen atoms in total. The Hall–Kier alpha value is -0.330. The third kappa shape index (κ3) is 3.96. The maximum atomic E-state index is 11.9. The molecule has 0 aromatic carbocycles. The van der Waals surface area contributed by atoms with E-state index in [0.717, 1.165) is 0 Å². The van der Waals surface area contributed by atoms with Crippen molar-refractivity contribution in [2.24, 2.45) is 5.41 Å². The summed E-state index contributed by atoms with van der Waals surface area (Å²) in [5, 5.41) is 9.08. The highest BCUT2D eigenvalue weighted by Crippen LogP contribution is 2.28. The molecule has 1 aliphatic rings. The third-order valence-corrected chi connectivity index (χ3v) is 2.53. The van der Waals surface area contributed by atoms with Crippen molar-refractivity contribution < 1.29 is 23.0 Å². The van der Waals surface area contributed by atoms with Crippen LogP contribution in [0.3, 0.4) is 0 Å². The van der Waals surface area contributed by atoms with Gasteiger partial charge in [-0.25, -0.2) is 0 Å². The summed E-state index contributed by atoms with van der Waals surface area (Å²) < 4.78 is 40.7. The lowest BCUT2D eigenvalue weighted by molar-refractivity contribution is -0.156. The standard InChI is InChI=1S/C9H16F3NO2/c1-13(3-2-9(10,11)12)4-8(5-14)6-15-7-8/h14H,2-7H2,1H3. The topological polar surface area (TPSA) is 32.7 Å². The second kappa shape index (κ2) is 4.67. The van der Waals surface area contributed by atoms with Gasteiger partial charge < -0.3 is 14.7 Å². The first-order valence-electron chi connectivity index (χ1n) is 4.81. The molecule has 0 radical (unpaired) electrons. The predicted molar refractivity (Wildman–Crippen MR) is 48.5 cm³/mol. The molecule has 0 spiro atoms. The maximum Gasteiger partial charge on any atom is 0.390 e. The number of ether oxygens (including phenoxy) is 1. The van der Waals surface area contributed by atoms with E-state index in [1.165, 1.54) is 0 Å². The first-order valence-corrected chi connectivity index (χ1v) is 4.81. The van der Waals surface area contributed by atoms with Crippen molar-refractivity contribution >= 4 is 0 Å². The minimum Gasteiger partial charge on any atom is -0.396 e. The zero-order valence-electron chi connectivity index (χ0n) is 8.68. The fourth-order valence-electron chi connectivity index (χ4n) is 1.59. The molecule has 0 aliphatic carbocycles. The monoisotopic (exact) mass is 227 g/mol. The molecule has 0 aromatic heterocycles. The highest BCUT2D eigenvalue weighted by molar-refractivity contribution is 4.87. The van der Waals surface area contributed by atoms with Crippen molar-refractivity contribution in [3.05, 3.63) is 0 Å². The van der Waals surface area contributed by atoms with Crippen LogP contribution in [0.15, 0.2) is 0 Å². The summed E-state index contributed by atoms with van der Waals surface area (Å²) in [4.78, 5) is 1.59. The van der Waals surface area contributed by atoms with Gasteiger partial charge in [0.25, 0.3) is 0 Å². The highest BCUT2D eigenvalue weighted by atomic mass is 19.4. The van der Waals surface area contributed by atoms with Gasteiger partial charge in [-0.15, -0.1) is 0 Å². The van der Waals surface area contributed by atoms with Crippen molar-refractivity contribution in [1.29, 1.82) is 0 Å². The minimum absolute atomic E-state index is 0.0365. The minimum atomic E-state index is -4.11. The van der Waals surface area contributed by atoms with Crippen LogP contribution in [0.2, 0.25) is 0 Å². The SMILES string of the molecule is CN(CCC(F)(F)F)CC1(CO)COC1. The van der Waals surface area contributed by atoms with Gasteiger partial charge in [-0.1, -0.05) is 0 Å². The Morgan fingerprint density at radius 1 is 1.40 bits per heavy atom. The highest BCUT2D eigenvalue weighted by Gasteiger charge is 2.39. The number of aliphatic hydroxyl groups is 1. The predicted octanol–water partition coefficient (Wildman–Crippen LogP) is 0.880. The Balaban J connectivity index is 2.26. The van der Waals surface area contributed by atoms with Crippen LogP contribution in [0, 0.1) is 5.41 Å². The average molecular weight is 227 g/mol. The van der Waals surface area contributed by atoms with Crippen molar-refractivity contribution in [3.8, 4) is 0 Å². The third-order valence-electron chi connectivity index (χ3n) is 2.53. The summed E-state index contributed by atoms with van der Waals surface area (Å²) in [5.74, 6) is 0. The number of aliphatic hydroxyl groups excluding tert-OH is 1. The molecule has 0 amide bonds. The van der Waals surface area contributed by atoms with E-state index in [1.54, 1.807) is 11.9 Å². The smallest absolute Gasteiger partial charge is 0.390 e. The molecular formula is C9H16F3NO2. The van der Waals surface area contributed by atoms with Crippen LogP contribution in [-0.4, -0.2) is 56.1 Å². The normalized spacial score (nSPS) is 20.4. The lowest BCUT2D eigenvalue weighted by Gasteiger charge is -2.42. The largest absolute Gasteiger partial charge is 0.396 e. The molecule has 1 fully saturated rings. The van der Waals surface area contributed by atoms with Crippen molar-refractivity contribution in [2.75, 3.05) is 40.0 Å². The van der Waals surface area contributed by atoms with Gasteiger partial charge >= 0.3 is 6.18 Å². The van der Waals surface area contributed by atoms with Gasteiger partial charge in [0.15, 0.2) is 0 Å². The van der Waals surface area contributed by atoms with Gasteiger partial charge in [0.05, 0.1) is 31.7 Å². The van der Waals surface area contributed by atoms with E-state index >= 15 is 0 Å². The molecule has 6 heteroatoms. The Morgan fingerprint density at radius 3 is 2.33 bits per heavy atom. The van der Waals surface area contributed by atoms with Crippen molar-refractivity contribution in [2.45, 2.75) is 12.6 Å². The van der Waals surface area contributed by atoms with Crippen LogP contribution in [0.5, 0.6) is 0 Å². The van der Waals surface area contributed by atoms with E-state index in [-0.39, 0.29) is 18.6 Å². The molecule has 1 aliphatic heterocycles. The summed E-state index contributed by atoms with van der Waals surface area (Å²) in [7, 11) is 1.63. The molecular weight excluding hydrogens is 211 g/mol. The molecule has 15 heavy (non-hydrogen) atoms. The summed E-state index contributed by atoms with van der Waals surface area (Å²) in [6.07, 6.45) is -4.93. The Morgan fingerprint density at radius 2 is 2.00 bits per heavy atom. The average Bonchev–Trinajstić information content (AvgIpc) is 2.07. The number of nitrogens with zero attached hydrogens (tertiary/aromatic N) is 1. The van der Waals surface area contributed by atoms with Gasteiger partial charge in [-0.3, -0.25) is 0 Å². The van der Waals surface area contributed by atoms with E-state index in [4.69, 9.17) is 9.84 Å².